The molecule has 0 rings (SSSR count). The van der Waals surface area contributed by atoms with Gasteiger partial charge in [0, 0.05) is 25.7 Å². The van der Waals surface area contributed by atoms with E-state index in [0.717, 1.165) is 77.0 Å². The van der Waals surface area contributed by atoms with Crippen LogP contribution in [-0.2, 0) is 57.1 Å². The van der Waals surface area contributed by atoms with E-state index in [-0.39, 0.29) is 50.3 Å². The smallest absolute Gasteiger partial charge is 0.305 e. The Labute approximate surface area is 328 Å². The van der Waals surface area contributed by atoms with Crippen molar-refractivity contribution in [2.45, 2.75) is 169 Å². The first-order chi connectivity index (χ1) is 26.4. The highest BCUT2D eigenvalue weighted by Crippen LogP contribution is 2.07. The van der Waals surface area contributed by atoms with Crippen molar-refractivity contribution in [1.82, 2.24) is 0 Å². The van der Waals surface area contributed by atoms with Gasteiger partial charge in [-0.2, -0.15) is 0 Å². The van der Waals surface area contributed by atoms with Gasteiger partial charge >= 0.3 is 23.9 Å². The molecule has 12 heteroatoms. The summed E-state index contributed by atoms with van der Waals surface area (Å²) in [5.74, 6) is -0.609. The minimum atomic E-state index is -0.155. The Kier molecular flexibility index (Phi) is 46.7. The van der Waals surface area contributed by atoms with Crippen LogP contribution in [-0.4, -0.2) is 103 Å². The Morgan fingerprint density at radius 3 is 0.667 bits per heavy atom. The van der Waals surface area contributed by atoms with Crippen LogP contribution in [0.15, 0.2) is 0 Å². The van der Waals surface area contributed by atoms with Crippen molar-refractivity contribution in [1.29, 1.82) is 0 Å². The molecule has 0 fully saturated rings. The third-order valence-corrected chi connectivity index (χ3v) is 8.14. The van der Waals surface area contributed by atoms with E-state index in [9.17, 15) is 19.2 Å². The first kappa shape index (κ1) is 53.8. The lowest BCUT2D eigenvalue weighted by atomic mass is 10.1. The highest BCUT2D eigenvalue weighted by atomic mass is 16.6. The predicted octanol–water partition coefficient (Wildman–Crippen LogP) is 8.87. The molecule has 0 unspecified atom stereocenters. The fraction of sp³-hybridized carbons (Fsp3) is 0.905. The summed E-state index contributed by atoms with van der Waals surface area (Å²) in [6, 6.07) is 0. The van der Waals surface area contributed by atoms with E-state index in [2.05, 4.69) is 27.7 Å². The van der Waals surface area contributed by atoms with Gasteiger partial charge in [-0.1, -0.05) is 118 Å². The highest BCUT2D eigenvalue weighted by Gasteiger charge is 2.05. The van der Waals surface area contributed by atoms with Gasteiger partial charge in [-0.3, -0.25) is 19.2 Å². The molecule has 0 heterocycles. The largest absolute Gasteiger partial charge is 0.463 e. The van der Waals surface area contributed by atoms with Crippen molar-refractivity contribution in [2.24, 2.45) is 0 Å². The average molecular weight is 777 g/mol. The highest BCUT2D eigenvalue weighted by molar-refractivity contribution is 5.70. The molecule has 0 radical (unpaired) electrons. The summed E-state index contributed by atoms with van der Waals surface area (Å²) in [7, 11) is 0. The number of unbranched alkanes of at least 4 members (excludes halogenated alkanes) is 14. The third-order valence-electron chi connectivity index (χ3n) is 8.14. The summed E-state index contributed by atoms with van der Waals surface area (Å²) >= 11 is 0. The van der Waals surface area contributed by atoms with Crippen LogP contribution in [0.1, 0.15) is 169 Å². The van der Waals surface area contributed by atoms with Crippen LogP contribution in [0.5, 0.6) is 0 Å². The second-order valence-electron chi connectivity index (χ2n) is 13.3. The Morgan fingerprint density at radius 2 is 0.444 bits per heavy atom. The van der Waals surface area contributed by atoms with E-state index < -0.39 is 0 Å². The molecule has 12 nitrogen and oxygen atoms in total. The van der Waals surface area contributed by atoms with Crippen LogP contribution in [0.4, 0.5) is 0 Å². The van der Waals surface area contributed by atoms with Crippen molar-refractivity contribution in [2.75, 3.05) is 79.3 Å². The third kappa shape index (κ3) is 47.7. The molecule has 0 aliphatic heterocycles. The average Bonchev–Trinajstić information content (AvgIpc) is 3.16. The zero-order valence-corrected chi connectivity index (χ0v) is 34.9. The molecule has 0 aromatic rings. The maximum absolute atomic E-state index is 11.5. The van der Waals surface area contributed by atoms with Crippen LogP contribution in [0.3, 0.4) is 0 Å². The normalized spacial score (nSPS) is 10.7. The molecule has 0 aromatic heterocycles. The van der Waals surface area contributed by atoms with Crippen molar-refractivity contribution in [3.05, 3.63) is 0 Å². The van der Waals surface area contributed by atoms with Crippen molar-refractivity contribution < 1.29 is 57.1 Å². The lowest BCUT2D eigenvalue weighted by Crippen LogP contribution is -2.15. The van der Waals surface area contributed by atoms with Crippen molar-refractivity contribution >= 4 is 23.9 Å². The minimum Gasteiger partial charge on any atom is -0.463 e. The molecule has 0 atom stereocenters. The van der Waals surface area contributed by atoms with E-state index in [1.54, 1.807) is 0 Å². The molecule has 0 bridgehead atoms. The zero-order valence-electron chi connectivity index (χ0n) is 34.9. The fourth-order valence-electron chi connectivity index (χ4n) is 4.93. The number of ether oxygens (including phenoxy) is 8. The molecule has 0 N–H and O–H groups in total. The van der Waals surface area contributed by atoms with Gasteiger partial charge in [-0.25, -0.2) is 0 Å². The quantitative estimate of drug-likeness (QED) is 0.0333. The molecule has 320 valence electrons. The fourth-order valence-corrected chi connectivity index (χ4v) is 4.93. The Hall–Kier alpha value is -2.28. The van der Waals surface area contributed by atoms with Crippen LogP contribution >= 0.6 is 0 Å². The second-order valence-corrected chi connectivity index (χ2v) is 13.3. The van der Waals surface area contributed by atoms with Gasteiger partial charge < -0.3 is 37.9 Å². The molecule has 0 amide bonds. The van der Waals surface area contributed by atoms with Crippen molar-refractivity contribution in [3.63, 3.8) is 0 Å². The molecule has 0 saturated heterocycles. The Balaban J connectivity index is 0. The summed E-state index contributed by atoms with van der Waals surface area (Å²) in [6.45, 7) is 13.0. The topological polar surface area (TPSA) is 142 Å². The van der Waals surface area contributed by atoms with Gasteiger partial charge in [0.05, 0.1) is 52.9 Å². The van der Waals surface area contributed by atoms with Gasteiger partial charge in [0.25, 0.3) is 0 Å². The number of hydrogen-bond donors (Lipinski definition) is 0. The number of rotatable bonds is 40. The summed E-state index contributed by atoms with van der Waals surface area (Å²) < 4.78 is 41.7. The maximum atomic E-state index is 11.5. The lowest BCUT2D eigenvalue weighted by molar-refractivity contribution is -0.147. The molecule has 0 spiro atoms. The van der Waals surface area contributed by atoms with E-state index in [1.165, 1.54) is 38.5 Å². The Morgan fingerprint density at radius 1 is 0.259 bits per heavy atom. The molecule has 0 aromatic carbocycles. The molecule has 0 aliphatic rings. The predicted molar refractivity (Wildman–Crippen MR) is 211 cm³/mol. The van der Waals surface area contributed by atoms with Gasteiger partial charge in [-0.15, -0.1) is 0 Å². The van der Waals surface area contributed by atoms with Gasteiger partial charge in [-0.05, 0) is 25.7 Å². The Bertz CT molecular complexity index is 757. The monoisotopic (exact) mass is 777 g/mol. The maximum Gasteiger partial charge on any atom is 0.305 e. The van der Waals surface area contributed by atoms with E-state index >= 15 is 0 Å². The number of carbonyl (C=O) groups is 4. The van der Waals surface area contributed by atoms with E-state index in [1.807, 2.05) is 0 Å². The minimum absolute atomic E-state index is 0.150. The zero-order chi connectivity index (χ0) is 40.0. The van der Waals surface area contributed by atoms with Gasteiger partial charge in [0.15, 0.2) is 0 Å². The van der Waals surface area contributed by atoms with E-state index in [4.69, 9.17) is 37.9 Å². The van der Waals surface area contributed by atoms with Crippen LogP contribution in [0.2, 0.25) is 0 Å². The standard InChI is InChI=1S/C22H42O6.C20H38O6/c1-3-5-7-9-11-13-21(23)27-19-17-25-15-16-26-18-20-28-22(24)14-12-10-8-6-4-2;1-3-5-7-9-11-19(21)25-17-15-23-13-14-24-16-18-26-20(22)12-10-8-6-4-2/h3-20H2,1-2H3;3-18H2,1-2H3. The second kappa shape index (κ2) is 46.9. The van der Waals surface area contributed by atoms with Crippen LogP contribution in [0.25, 0.3) is 0 Å². The summed E-state index contributed by atoms with van der Waals surface area (Å²) in [6.07, 6.45) is 21.7. The number of esters is 4. The molecule has 0 saturated carbocycles. The van der Waals surface area contributed by atoms with E-state index in [0.29, 0.717) is 78.5 Å². The molecular formula is C42H80O12. The van der Waals surface area contributed by atoms with Crippen LogP contribution in [0, 0.1) is 0 Å². The first-order valence-corrected chi connectivity index (χ1v) is 21.3. The van der Waals surface area contributed by atoms with Gasteiger partial charge in [0.2, 0.25) is 0 Å². The molecule has 0 aliphatic carbocycles. The van der Waals surface area contributed by atoms with Crippen molar-refractivity contribution in [3.8, 4) is 0 Å². The van der Waals surface area contributed by atoms with Crippen LogP contribution < -0.4 is 0 Å². The van der Waals surface area contributed by atoms with Gasteiger partial charge in [0.1, 0.15) is 26.4 Å². The molecule has 54 heavy (non-hydrogen) atoms. The SMILES string of the molecule is CCCCCCC(=O)OCCOCCOCCOC(=O)CCCCCC.CCCCCCCC(=O)OCCOCCOCCOC(=O)CCCCCCC. The first-order valence-electron chi connectivity index (χ1n) is 21.3. The summed E-state index contributed by atoms with van der Waals surface area (Å²) in [5.41, 5.74) is 0. The number of hydrogen-bond acceptors (Lipinski definition) is 12. The lowest BCUT2D eigenvalue weighted by Gasteiger charge is -2.08. The number of carbonyl (C=O) groups excluding carboxylic acids is 4. The summed E-state index contributed by atoms with van der Waals surface area (Å²) in [4.78, 5) is 45.9. The molecular weight excluding hydrogens is 696 g/mol. The summed E-state index contributed by atoms with van der Waals surface area (Å²) in [5, 5.41) is 0.